The molecule has 0 fully saturated rings. The predicted molar refractivity (Wildman–Crippen MR) is 93.4 cm³/mol. The van der Waals surface area contributed by atoms with Gasteiger partial charge in [0.2, 0.25) is 5.78 Å². The molecule has 2 aromatic rings. The molecule has 1 atom stereocenters. The van der Waals surface area contributed by atoms with Crippen molar-refractivity contribution in [1.29, 1.82) is 0 Å². The van der Waals surface area contributed by atoms with E-state index in [1.165, 1.54) is 13.1 Å². The fraction of sp³-hybridized carbons (Fsp3) is 0.444. The number of ether oxygens (including phenoxy) is 2. The highest BCUT2D eigenvalue weighted by molar-refractivity contribution is 6.04. The first-order valence-corrected chi connectivity index (χ1v) is 8.29. The lowest BCUT2D eigenvalue weighted by atomic mass is 10.1. The van der Waals surface area contributed by atoms with Gasteiger partial charge in [0.15, 0.2) is 6.10 Å². The maximum Gasteiger partial charge on any atom is 0.342 e. The minimum absolute atomic E-state index is 0.230. The standard InChI is InChI=1S/C18H23N3O5/c1-7-25-18(24)14-9(2)15(20-10(14)3)16(22)12(5)26-17(23)13-8-19-21(6)11(13)4/h8,12,20H,7H2,1-6H3/t12-/m0/s1. The lowest BCUT2D eigenvalue weighted by Gasteiger charge is -2.12. The third kappa shape index (κ3) is 3.54. The maximum atomic E-state index is 12.7. The van der Waals surface area contributed by atoms with Crippen LogP contribution >= 0.6 is 0 Å². The molecule has 2 rings (SSSR count). The smallest absolute Gasteiger partial charge is 0.342 e. The number of carbonyl (C=O) groups excluding carboxylic acids is 3. The van der Waals surface area contributed by atoms with E-state index < -0.39 is 23.8 Å². The molecule has 0 bridgehead atoms. The van der Waals surface area contributed by atoms with Gasteiger partial charge in [-0.2, -0.15) is 5.10 Å². The topological polar surface area (TPSA) is 103 Å². The Morgan fingerprint density at radius 2 is 1.88 bits per heavy atom. The van der Waals surface area contributed by atoms with Crippen molar-refractivity contribution in [3.8, 4) is 0 Å². The highest BCUT2D eigenvalue weighted by Gasteiger charge is 2.28. The summed E-state index contributed by atoms with van der Waals surface area (Å²) < 4.78 is 11.8. The van der Waals surface area contributed by atoms with Gasteiger partial charge in [-0.25, -0.2) is 9.59 Å². The number of aromatic amines is 1. The molecule has 8 nitrogen and oxygen atoms in total. The first-order chi connectivity index (χ1) is 12.2. The summed E-state index contributed by atoms with van der Waals surface area (Å²) in [6.07, 6.45) is 0.381. The summed E-state index contributed by atoms with van der Waals surface area (Å²) in [5.41, 5.74) is 2.52. The third-order valence-electron chi connectivity index (χ3n) is 4.27. The fourth-order valence-corrected chi connectivity index (χ4v) is 2.69. The van der Waals surface area contributed by atoms with E-state index in [2.05, 4.69) is 10.1 Å². The van der Waals surface area contributed by atoms with Crippen LogP contribution in [0.2, 0.25) is 0 Å². The van der Waals surface area contributed by atoms with Crippen LogP contribution in [0.1, 0.15) is 62.0 Å². The normalized spacial score (nSPS) is 11.9. The summed E-state index contributed by atoms with van der Waals surface area (Å²) in [7, 11) is 1.71. The molecule has 0 aliphatic heterocycles. The van der Waals surface area contributed by atoms with Crippen molar-refractivity contribution in [2.24, 2.45) is 7.05 Å². The van der Waals surface area contributed by atoms with Crippen LogP contribution in [-0.4, -0.2) is 45.2 Å². The van der Waals surface area contributed by atoms with E-state index in [9.17, 15) is 14.4 Å². The number of aromatic nitrogens is 3. The van der Waals surface area contributed by atoms with Crippen molar-refractivity contribution in [1.82, 2.24) is 14.8 Å². The van der Waals surface area contributed by atoms with Crippen LogP contribution in [0.25, 0.3) is 0 Å². The number of rotatable bonds is 6. The van der Waals surface area contributed by atoms with E-state index in [1.807, 2.05) is 0 Å². The van der Waals surface area contributed by atoms with Crippen LogP contribution in [0.15, 0.2) is 6.20 Å². The van der Waals surface area contributed by atoms with Gasteiger partial charge in [0.1, 0.15) is 5.56 Å². The Bertz CT molecular complexity index is 863. The molecule has 0 aliphatic carbocycles. The number of hydrogen-bond acceptors (Lipinski definition) is 6. The van der Waals surface area contributed by atoms with Gasteiger partial charge in [0, 0.05) is 18.4 Å². The van der Waals surface area contributed by atoms with E-state index in [4.69, 9.17) is 9.47 Å². The molecule has 8 heteroatoms. The Morgan fingerprint density at radius 1 is 1.23 bits per heavy atom. The summed E-state index contributed by atoms with van der Waals surface area (Å²) in [6.45, 7) is 8.52. The van der Waals surface area contributed by atoms with E-state index >= 15 is 0 Å². The molecule has 0 aromatic carbocycles. The SMILES string of the molecule is CCOC(=O)c1c(C)[nH]c(C(=O)[C@H](C)OC(=O)c2cnn(C)c2C)c1C. The molecule has 26 heavy (non-hydrogen) atoms. The Kier molecular flexibility index (Phi) is 5.64. The highest BCUT2D eigenvalue weighted by atomic mass is 16.5. The second kappa shape index (κ2) is 7.55. The molecule has 140 valence electrons. The average Bonchev–Trinajstić information content (AvgIpc) is 3.06. The molecule has 0 saturated heterocycles. The van der Waals surface area contributed by atoms with Crippen LogP contribution in [0, 0.1) is 20.8 Å². The zero-order valence-electron chi connectivity index (χ0n) is 15.8. The third-order valence-corrected chi connectivity index (χ3v) is 4.27. The number of hydrogen-bond donors (Lipinski definition) is 1. The van der Waals surface area contributed by atoms with Gasteiger partial charge >= 0.3 is 11.9 Å². The summed E-state index contributed by atoms with van der Waals surface area (Å²) >= 11 is 0. The fourth-order valence-electron chi connectivity index (χ4n) is 2.69. The van der Waals surface area contributed by atoms with Gasteiger partial charge in [0.25, 0.3) is 0 Å². The monoisotopic (exact) mass is 361 g/mol. The van der Waals surface area contributed by atoms with Crippen molar-refractivity contribution in [2.45, 2.75) is 40.7 Å². The Labute approximate surface area is 151 Å². The van der Waals surface area contributed by atoms with Gasteiger partial charge in [-0.15, -0.1) is 0 Å². The van der Waals surface area contributed by atoms with Crippen molar-refractivity contribution < 1.29 is 23.9 Å². The zero-order chi connectivity index (χ0) is 19.6. The van der Waals surface area contributed by atoms with Crippen LogP contribution in [0.4, 0.5) is 0 Å². The molecule has 0 radical (unpaired) electrons. The first-order valence-electron chi connectivity index (χ1n) is 8.29. The zero-order valence-corrected chi connectivity index (χ0v) is 15.8. The van der Waals surface area contributed by atoms with Gasteiger partial charge in [0.05, 0.1) is 24.1 Å². The summed E-state index contributed by atoms with van der Waals surface area (Å²) in [6, 6.07) is 0. The molecule has 0 amide bonds. The number of ketones is 1. The molecular weight excluding hydrogens is 338 g/mol. The van der Waals surface area contributed by atoms with Crippen molar-refractivity contribution in [3.05, 3.63) is 40.0 Å². The van der Waals surface area contributed by atoms with Crippen LogP contribution in [0.3, 0.4) is 0 Å². The molecule has 0 aliphatic rings. The Morgan fingerprint density at radius 3 is 2.42 bits per heavy atom. The molecule has 0 unspecified atom stereocenters. The number of Topliss-reactive ketones (excluding diaryl/α,β-unsaturated/α-hetero) is 1. The van der Waals surface area contributed by atoms with Crippen molar-refractivity contribution >= 4 is 17.7 Å². The average molecular weight is 361 g/mol. The molecule has 2 heterocycles. The van der Waals surface area contributed by atoms with Crippen molar-refractivity contribution in [3.63, 3.8) is 0 Å². The van der Waals surface area contributed by atoms with E-state index in [0.29, 0.717) is 28.1 Å². The predicted octanol–water partition coefficient (Wildman–Crippen LogP) is 2.28. The van der Waals surface area contributed by atoms with Crippen LogP contribution < -0.4 is 0 Å². The number of nitrogens with zero attached hydrogens (tertiary/aromatic N) is 2. The second-order valence-electron chi connectivity index (χ2n) is 6.02. The number of esters is 2. The Hall–Kier alpha value is -2.90. The van der Waals surface area contributed by atoms with Crippen molar-refractivity contribution in [2.75, 3.05) is 6.61 Å². The second-order valence-corrected chi connectivity index (χ2v) is 6.02. The number of nitrogens with one attached hydrogen (secondary N) is 1. The van der Waals surface area contributed by atoms with Gasteiger partial charge < -0.3 is 14.5 Å². The van der Waals surface area contributed by atoms with E-state index in [-0.39, 0.29) is 12.3 Å². The largest absolute Gasteiger partial charge is 0.462 e. The number of H-pyrrole nitrogens is 1. The minimum Gasteiger partial charge on any atom is -0.462 e. The van der Waals surface area contributed by atoms with Gasteiger partial charge in [-0.05, 0) is 40.2 Å². The van der Waals surface area contributed by atoms with E-state index in [0.717, 1.165) is 0 Å². The summed E-state index contributed by atoms with van der Waals surface area (Å²) in [4.78, 5) is 39.9. The van der Waals surface area contributed by atoms with Gasteiger partial charge in [-0.1, -0.05) is 0 Å². The lowest BCUT2D eigenvalue weighted by Crippen LogP contribution is -2.25. The number of carbonyl (C=O) groups is 3. The summed E-state index contributed by atoms with van der Waals surface area (Å²) in [5, 5.41) is 3.99. The molecule has 2 aromatic heterocycles. The first kappa shape index (κ1) is 19.4. The lowest BCUT2D eigenvalue weighted by molar-refractivity contribution is 0.0315. The molecular formula is C18H23N3O5. The molecule has 0 spiro atoms. The number of aryl methyl sites for hydroxylation is 2. The quantitative estimate of drug-likeness (QED) is 0.625. The van der Waals surface area contributed by atoms with E-state index in [1.54, 1.807) is 39.4 Å². The minimum atomic E-state index is -1.02. The van der Waals surface area contributed by atoms with Crippen LogP contribution in [-0.2, 0) is 16.5 Å². The molecule has 0 saturated carbocycles. The Balaban J connectivity index is 2.21. The van der Waals surface area contributed by atoms with Gasteiger partial charge in [-0.3, -0.25) is 9.48 Å². The maximum absolute atomic E-state index is 12.7. The molecule has 1 N–H and O–H groups in total. The summed E-state index contributed by atoms with van der Waals surface area (Å²) in [5.74, 6) is -1.53. The van der Waals surface area contributed by atoms with Crippen LogP contribution in [0.5, 0.6) is 0 Å². The highest BCUT2D eigenvalue weighted by Crippen LogP contribution is 2.21.